The monoisotopic (exact) mass is 232 g/mol. The summed E-state index contributed by atoms with van der Waals surface area (Å²) in [5.41, 5.74) is 11.4. The Morgan fingerprint density at radius 2 is 1.94 bits per heavy atom. The summed E-state index contributed by atoms with van der Waals surface area (Å²) in [6, 6.07) is 0. The van der Waals surface area contributed by atoms with E-state index in [-0.39, 0.29) is 10.8 Å². The van der Waals surface area contributed by atoms with Crippen LogP contribution in [0.1, 0.15) is 47.9 Å². The Bertz CT molecular complexity index is 523. The van der Waals surface area contributed by atoms with E-state index in [2.05, 4.69) is 6.92 Å². The zero-order valence-corrected chi connectivity index (χ0v) is 9.95. The number of nitro groups is 1. The van der Waals surface area contributed by atoms with Crippen molar-refractivity contribution >= 4 is 11.4 Å². The highest BCUT2D eigenvalue weighted by Gasteiger charge is 2.36. The minimum atomic E-state index is -0.190. The van der Waals surface area contributed by atoms with E-state index in [4.69, 9.17) is 5.73 Å². The van der Waals surface area contributed by atoms with Crippen LogP contribution in [0.15, 0.2) is 0 Å². The van der Waals surface area contributed by atoms with Gasteiger partial charge in [0.1, 0.15) is 0 Å². The van der Waals surface area contributed by atoms with Crippen LogP contribution >= 0.6 is 0 Å². The van der Waals surface area contributed by atoms with Gasteiger partial charge in [-0.15, -0.1) is 0 Å². The van der Waals surface area contributed by atoms with Gasteiger partial charge in [0.15, 0.2) is 0 Å². The maximum absolute atomic E-state index is 11.3. The Morgan fingerprint density at radius 3 is 2.65 bits per heavy atom. The van der Waals surface area contributed by atoms with Crippen molar-refractivity contribution in [1.82, 2.24) is 0 Å². The molecule has 90 valence electrons. The highest BCUT2D eigenvalue weighted by atomic mass is 16.6. The lowest BCUT2D eigenvalue weighted by Crippen LogP contribution is -2.06. The predicted octanol–water partition coefficient (Wildman–Crippen LogP) is 2.72. The third kappa shape index (κ3) is 1.30. The molecule has 0 amide bonds. The second kappa shape index (κ2) is 3.45. The second-order valence-electron chi connectivity index (χ2n) is 5.16. The van der Waals surface area contributed by atoms with E-state index in [1.165, 1.54) is 0 Å². The van der Waals surface area contributed by atoms with Crippen LogP contribution in [-0.2, 0) is 19.3 Å². The minimum absolute atomic E-state index is 0.190. The van der Waals surface area contributed by atoms with Gasteiger partial charge in [0, 0.05) is 16.8 Å². The van der Waals surface area contributed by atoms with E-state index >= 15 is 0 Å². The summed E-state index contributed by atoms with van der Waals surface area (Å²) in [6.07, 6.45) is 4.61. The molecule has 0 saturated carbocycles. The topological polar surface area (TPSA) is 69.2 Å². The molecule has 2 aliphatic carbocycles. The Labute approximate surface area is 100.0 Å². The Hall–Kier alpha value is -1.58. The molecule has 0 bridgehead atoms. The van der Waals surface area contributed by atoms with E-state index < -0.39 is 0 Å². The van der Waals surface area contributed by atoms with E-state index in [9.17, 15) is 10.1 Å². The van der Waals surface area contributed by atoms with Crippen molar-refractivity contribution in [3.8, 4) is 0 Å². The highest BCUT2D eigenvalue weighted by Crippen LogP contribution is 2.48. The molecular weight excluding hydrogens is 216 g/mol. The van der Waals surface area contributed by atoms with Gasteiger partial charge < -0.3 is 5.73 Å². The number of rotatable bonds is 1. The smallest absolute Gasteiger partial charge is 0.276 e. The molecule has 0 spiro atoms. The maximum Gasteiger partial charge on any atom is 0.276 e. The van der Waals surface area contributed by atoms with E-state index in [0.717, 1.165) is 60.0 Å². The summed E-state index contributed by atoms with van der Waals surface area (Å²) in [5.74, 6) is 0.276. The molecule has 4 heteroatoms. The molecule has 1 aromatic carbocycles. The summed E-state index contributed by atoms with van der Waals surface area (Å²) in [5, 5.41) is 11.3. The summed E-state index contributed by atoms with van der Waals surface area (Å²) < 4.78 is 0. The number of nitrogens with two attached hydrogens (primary N) is 1. The first-order valence-corrected chi connectivity index (χ1v) is 6.21. The Morgan fingerprint density at radius 1 is 1.24 bits per heavy atom. The first-order chi connectivity index (χ1) is 8.11. The Balaban J connectivity index is 2.37. The largest absolute Gasteiger partial charge is 0.398 e. The maximum atomic E-state index is 11.3. The van der Waals surface area contributed by atoms with Crippen LogP contribution in [0.25, 0.3) is 0 Å². The number of benzene rings is 1. The fourth-order valence-corrected chi connectivity index (χ4v) is 3.45. The number of nitrogen functional groups attached to an aromatic ring is 1. The number of fused-ring (bicyclic) bond motifs is 2. The van der Waals surface area contributed by atoms with Crippen LogP contribution in [0.5, 0.6) is 0 Å². The molecular formula is C13H16N2O2. The third-order valence-corrected chi connectivity index (χ3v) is 4.24. The van der Waals surface area contributed by atoms with Crippen LogP contribution < -0.4 is 5.73 Å². The molecule has 2 aliphatic rings. The van der Waals surface area contributed by atoms with E-state index in [1.54, 1.807) is 0 Å². The van der Waals surface area contributed by atoms with E-state index in [1.807, 2.05) is 0 Å². The third-order valence-electron chi connectivity index (χ3n) is 4.24. The highest BCUT2D eigenvalue weighted by molar-refractivity contribution is 5.72. The number of anilines is 1. The van der Waals surface area contributed by atoms with Crippen LogP contribution in [0, 0.1) is 10.1 Å². The lowest BCUT2D eigenvalue weighted by Gasteiger charge is -2.13. The van der Waals surface area contributed by atoms with Crippen LogP contribution in [0.2, 0.25) is 0 Å². The zero-order chi connectivity index (χ0) is 12.2. The van der Waals surface area contributed by atoms with Gasteiger partial charge >= 0.3 is 0 Å². The van der Waals surface area contributed by atoms with Crippen LogP contribution in [0.3, 0.4) is 0 Å². The quantitative estimate of drug-likeness (QED) is 0.460. The fourth-order valence-electron chi connectivity index (χ4n) is 3.45. The molecule has 0 heterocycles. The molecule has 17 heavy (non-hydrogen) atoms. The molecule has 3 rings (SSSR count). The molecule has 1 unspecified atom stereocenters. The van der Waals surface area contributed by atoms with Crippen molar-refractivity contribution < 1.29 is 4.92 Å². The van der Waals surface area contributed by atoms with Crippen molar-refractivity contribution in [2.24, 2.45) is 0 Å². The number of hydrogen-bond acceptors (Lipinski definition) is 3. The molecule has 1 aromatic rings. The van der Waals surface area contributed by atoms with Gasteiger partial charge in [-0.25, -0.2) is 0 Å². The second-order valence-corrected chi connectivity index (χ2v) is 5.16. The molecule has 0 fully saturated rings. The molecule has 0 aromatic heterocycles. The van der Waals surface area contributed by atoms with Crippen molar-refractivity contribution in [3.63, 3.8) is 0 Å². The van der Waals surface area contributed by atoms with Gasteiger partial charge in [-0.1, -0.05) is 6.92 Å². The van der Waals surface area contributed by atoms with Gasteiger partial charge in [-0.2, -0.15) is 0 Å². The minimum Gasteiger partial charge on any atom is -0.398 e. The lowest BCUT2D eigenvalue weighted by molar-refractivity contribution is -0.386. The first kappa shape index (κ1) is 10.6. The number of nitro benzene ring substituents is 1. The molecule has 4 nitrogen and oxygen atoms in total. The van der Waals surface area contributed by atoms with E-state index in [0.29, 0.717) is 5.69 Å². The fraction of sp³-hybridized carbons (Fsp3) is 0.538. The summed E-state index contributed by atoms with van der Waals surface area (Å²) in [4.78, 5) is 11.2. The summed E-state index contributed by atoms with van der Waals surface area (Å²) in [6.45, 7) is 2.07. The van der Waals surface area contributed by atoms with Gasteiger partial charge in [-0.3, -0.25) is 10.1 Å². The molecule has 0 saturated heterocycles. The average molecular weight is 232 g/mol. The van der Waals surface area contributed by atoms with Crippen LogP contribution in [0.4, 0.5) is 11.4 Å². The van der Waals surface area contributed by atoms with Crippen molar-refractivity contribution in [3.05, 3.63) is 32.4 Å². The average Bonchev–Trinajstić information content (AvgIpc) is 2.87. The van der Waals surface area contributed by atoms with Gasteiger partial charge in [-0.05, 0) is 49.1 Å². The molecule has 1 atom stereocenters. The molecule has 0 aliphatic heterocycles. The van der Waals surface area contributed by atoms with Gasteiger partial charge in [0.05, 0.1) is 4.92 Å². The lowest BCUT2D eigenvalue weighted by atomic mass is 9.93. The van der Waals surface area contributed by atoms with Crippen molar-refractivity contribution in [2.75, 3.05) is 5.73 Å². The van der Waals surface area contributed by atoms with Crippen molar-refractivity contribution in [2.45, 2.75) is 44.9 Å². The normalized spacial score (nSPS) is 21.4. The number of nitrogens with zero attached hydrogens (tertiary/aromatic N) is 1. The van der Waals surface area contributed by atoms with Gasteiger partial charge in [0.25, 0.3) is 5.69 Å². The first-order valence-electron chi connectivity index (χ1n) is 6.21. The summed E-state index contributed by atoms with van der Waals surface area (Å²) >= 11 is 0. The predicted molar refractivity (Wildman–Crippen MR) is 66.3 cm³/mol. The summed E-state index contributed by atoms with van der Waals surface area (Å²) in [7, 11) is 0. The zero-order valence-electron chi connectivity index (χ0n) is 9.95. The standard InChI is InChI=1S/C13H16N2O2/c1-7-5-6-10-11(7)13(15(16)17)9-4-2-3-8(9)12(10)14/h7H,2-6,14H2,1H3. The van der Waals surface area contributed by atoms with Gasteiger partial charge in [0.2, 0.25) is 0 Å². The number of hydrogen-bond donors (Lipinski definition) is 1. The molecule has 0 radical (unpaired) electrons. The molecule has 2 N–H and O–H groups in total. The Kier molecular flexibility index (Phi) is 2.15. The van der Waals surface area contributed by atoms with Crippen LogP contribution in [-0.4, -0.2) is 4.92 Å². The SMILES string of the molecule is CC1CCc2c(N)c3c(c([N+](=O)[O-])c21)CCC3. The van der Waals surface area contributed by atoms with Crippen molar-refractivity contribution in [1.29, 1.82) is 0 Å².